The molecular weight excluding hydrogens is 248 g/mol. The van der Waals surface area contributed by atoms with Crippen molar-refractivity contribution in [3.63, 3.8) is 0 Å². The molecule has 0 amide bonds. The Morgan fingerprint density at radius 2 is 2.00 bits per heavy atom. The highest BCUT2D eigenvalue weighted by Crippen LogP contribution is 2.33. The minimum Gasteiger partial charge on any atom is -0.208 e. The van der Waals surface area contributed by atoms with Gasteiger partial charge in [-0.1, -0.05) is 12.1 Å². The lowest BCUT2D eigenvalue weighted by molar-refractivity contribution is 0.538. The van der Waals surface area contributed by atoms with E-state index >= 15 is 0 Å². The first-order valence-corrected chi connectivity index (χ1v) is 7.49. The van der Waals surface area contributed by atoms with E-state index in [-0.39, 0.29) is 10.9 Å². The van der Waals surface area contributed by atoms with E-state index < -0.39 is 10.0 Å². The van der Waals surface area contributed by atoms with Crippen LogP contribution >= 0.6 is 0 Å². The van der Waals surface area contributed by atoms with E-state index in [4.69, 9.17) is 5.26 Å². The fourth-order valence-corrected chi connectivity index (χ4v) is 3.20. The van der Waals surface area contributed by atoms with Crippen molar-refractivity contribution in [2.24, 2.45) is 5.92 Å². The van der Waals surface area contributed by atoms with Gasteiger partial charge >= 0.3 is 0 Å². The van der Waals surface area contributed by atoms with E-state index in [1.807, 2.05) is 13.0 Å². The summed E-state index contributed by atoms with van der Waals surface area (Å²) < 4.78 is 26.8. The van der Waals surface area contributed by atoms with Gasteiger partial charge in [0.25, 0.3) is 0 Å². The van der Waals surface area contributed by atoms with Crippen molar-refractivity contribution >= 4 is 10.0 Å². The Kier molecular flexibility index (Phi) is 3.69. The Bertz CT molecular complexity index is 554. The Hall–Kier alpha value is -1.38. The van der Waals surface area contributed by atoms with Crippen LogP contribution in [0.3, 0.4) is 0 Å². The molecule has 96 valence electrons. The van der Waals surface area contributed by atoms with Gasteiger partial charge in [0.05, 0.1) is 17.4 Å². The predicted molar refractivity (Wildman–Crippen MR) is 68.3 cm³/mol. The Balaban J connectivity index is 2.11. The molecule has 5 heteroatoms. The van der Waals surface area contributed by atoms with Crippen LogP contribution in [-0.2, 0) is 16.4 Å². The molecule has 0 bridgehead atoms. The molecule has 18 heavy (non-hydrogen) atoms. The minimum atomic E-state index is -3.43. The molecule has 0 heterocycles. The molecule has 1 unspecified atom stereocenters. The van der Waals surface area contributed by atoms with Crippen LogP contribution in [0.2, 0.25) is 0 Å². The number of benzene rings is 1. The highest BCUT2D eigenvalue weighted by atomic mass is 32.2. The largest absolute Gasteiger partial charge is 0.240 e. The number of hydrogen-bond acceptors (Lipinski definition) is 3. The first kappa shape index (κ1) is 13.1. The van der Waals surface area contributed by atoms with Gasteiger partial charge in [0, 0.05) is 6.04 Å². The van der Waals surface area contributed by atoms with Crippen LogP contribution in [0.25, 0.3) is 0 Å². The third kappa shape index (κ3) is 3.09. The van der Waals surface area contributed by atoms with E-state index in [1.54, 1.807) is 24.3 Å². The van der Waals surface area contributed by atoms with Gasteiger partial charge in [0.15, 0.2) is 0 Å². The highest BCUT2D eigenvalue weighted by Gasteiger charge is 2.31. The lowest BCUT2D eigenvalue weighted by atomic mass is 10.2. The van der Waals surface area contributed by atoms with Crippen LogP contribution in [0.5, 0.6) is 0 Å². The zero-order valence-electron chi connectivity index (χ0n) is 10.3. The number of nitriles is 1. The number of hydrogen-bond donors (Lipinski definition) is 1. The van der Waals surface area contributed by atoms with Crippen LogP contribution in [0.4, 0.5) is 0 Å². The summed E-state index contributed by atoms with van der Waals surface area (Å²) in [4.78, 5) is 0.261. The van der Waals surface area contributed by atoms with Crippen LogP contribution in [-0.4, -0.2) is 14.5 Å². The molecule has 0 aromatic heterocycles. The quantitative estimate of drug-likeness (QED) is 0.882. The van der Waals surface area contributed by atoms with Crippen molar-refractivity contribution < 1.29 is 8.42 Å². The van der Waals surface area contributed by atoms with Crippen molar-refractivity contribution in [1.82, 2.24) is 4.72 Å². The van der Waals surface area contributed by atoms with Gasteiger partial charge in [-0.05, 0) is 43.4 Å². The highest BCUT2D eigenvalue weighted by molar-refractivity contribution is 7.89. The van der Waals surface area contributed by atoms with E-state index in [9.17, 15) is 8.42 Å². The summed E-state index contributed by atoms with van der Waals surface area (Å²) in [5.74, 6) is 0.484. The maximum atomic E-state index is 12.1. The van der Waals surface area contributed by atoms with Crippen molar-refractivity contribution in [2.45, 2.75) is 37.1 Å². The summed E-state index contributed by atoms with van der Waals surface area (Å²) in [6.07, 6.45) is 2.50. The molecule has 0 radical (unpaired) electrons. The smallest absolute Gasteiger partial charge is 0.208 e. The van der Waals surface area contributed by atoms with E-state index in [1.165, 1.54) is 0 Å². The summed E-state index contributed by atoms with van der Waals surface area (Å²) in [7, 11) is -3.43. The topological polar surface area (TPSA) is 70.0 Å². The molecule has 1 aromatic carbocycles. The summed E-state index contributed by atoms with van der Waals surface area (Å²) in [6.45, 7) is 1.90. The fourth-order valence-electron chi connectivity index (χ4n) is 1.88. The molecule has 1 atom stereocenters. The normalized spacial score (nSPS) is 17.1. The summed E-state index contributed by atoms with van der Waals surface area (Å²) >= 11 is 0. The van der Waals surface area contributed by atoms with Crippen molar-refractivity contribution in [3.05, 3.63) is 29.8 Å². The molecule has 1 aromatic rings. The molecule has 1 aliphatic carbocycles. The van der Waals surface area contributed by atoms with Crippen molar-refractivity contribution in [1.29, 1.82) is 5.26 Å². The molecular formula is C13H16N2O2S. The van der Waals surface area contributed by atoms with Crippen LogP contribution < -0.4 is 4.72 Å². The van der Waals surface area contributed by atoms with Gasteiger partial charge in [-0.25, -0.2) is 13.1 Å². The standard InChI is InChI=1S/C13H16N2O2S/c1-10(12-4-5-12)15-18(16,17)13-6-2-11(3-7-13)8-9-14/h2-3,6-7,10,12,15H,4-5,8H2,1H3. The second-order valence-corrected chi connectivity index (χ2v) is 6.44. The average molecular weight is 264 g/mol. The molecule has 0 saturated heterocycles. The van der Waals surface area contributed by atoms with Crippen LogP contribution in [0, 0.1) is 17.2 Å². The lowest BCUT2D eigenvalue weighted by Gasteiger charge is -2.13. The fraction of sp³-hybridized carbons (Fsp3) is 0.462. The second-order valence-electron chi connectivity index (χ2n) is 4.73. The summed E-state index contributed by atoms with van der Waals surface area (Å²) in [5, 5.41) is 8.56. The Morgan fingerprint density at radius 1 is 1.39 bits per heavy atom. The van der Waals surface area contributed by atoms with Gasteiger partial charge in [-0.15, -0.1) is 0 Å². The minimum absolute atomic E-state index is 0.00575. The average Bonchev–Trinajstić information content (AvgIpc) is 3.13. The summed E-state index contributed by atoms with van der Waals surface area (Å²) in [6, 6.07) is 8.49. The number of nitrogens with zero attached hydrogens (tertiary/aromatic N) is 1. The van der Waals surface area contributed by atoms with E-state index in [0.717, 1.165) is 18.4 Å². The first-order chi connectivity index (χ1) is 8.53. The van der Waals surface area contributed by atoms with E-state index in [2.05, 4.69) is 4.72 Å². The second kappa shape index (κ2) is 5.09. The monoisotopic (exact) mass is 264 g/mol. The van der Waals surface area contributed by atoms with Gasteiger partial charge < -0.3 is 0 Å². The Labute approximate surface area is 108 Å². The molecule has 4 nitrogen and oxygen atoms in total. The predicted octanol–water partition coefficient (Wildman–Crippen LogP) is 1.83. The zero-order chi connectivity index (χ0) is 13.2. The molecule has 1 saturated carbocycles. The lowest BCUT2D eigenvalue weighted by Crippen LogP contribution is -2.33. The molecule has 0 aliphatic heterocycles. The maximum absolute atomic E-state index is 12.1. The molecule has 1 aliphatic rings. The van der Waals surface area contributed by atoms with Gasteiger partial charge in [0.2, 0.25) is 10.0 Å². The first-order valence-electron chi connectivity index (χ1n) is 6.01. The third-order valence-corrected chi connectivity index (χ3v) is 4.76. The Morgan fingerprint density at radius 3 is 2.50 bits per heavy atom. The van der Waals surface area contributed by atoms with E-state index in [0.29, 0.717) is 12.3 Å². The maximum Gasteiger partial charge on any atom is 0.240 e. The van der Waals surface area contributed by atoms with Crippen LogP contribution in [0.1, 0.15) is 25.3 Å². The summed E-state index contributed by atoms with van der Waals surface area (Å²) in [5.41, 5.74) is 0.826. The zero-order valence-corrected chi connectivity index (χ0v) is 11.1. The molecule has 2 rings (SSSR count). The molecule has 1 N–H and O–H groups in total. The molecule has 0 spiro atoms. The number of nitrogens with one attached hydrogen (secondary N) is 1. The number of rotatable bonds is 5. The number of sulfonamides is 1. The van der Waals surface area contributed by atoms with Gasteiger partial charge in [0.1, 0.15) is 0 Å². The molecule has 1 fully saturated rings. The van der Waals surface area contributed by atoms with Gasteiger partial charge in [-0.3, -0.25) is 0 Å². The van der Waals surface area contributed by atoms with Crippen molar-refractivity contribution in [3.8, 4) is 6.07 Å². The van der Waals surface area contributed by atoms with Crippen molar-refractivity contribution in [2.75, 3.05) is 0 Å². The SMILES string of the molecule is CC(NS(=O)(=O)c1ccc(CC#N)cc1)C1CC1. The van der Waals surface area contributed by atoms with Crippen LogP contribution in [0.15, 0.2) is 29.2 Å². The third-order valence-electron chi connectivity index (χ3n) is 3.19. The van der Waals surface area contributed by atoms with Gasteiger partial charge in [-0.2, -0.15) is 5.26 Å².